The van der Waals surface area contributed by atoms with Gasteiger partial charge in [0.2, 0.25) is 5.91 Å². The van der Waals surface area contributed by atoms with Gasteiger partial charge in [0, 0.05) is 44.3 Å². The smallest absolute Gasteiger partial charge is 0.225 e. The summed E-state index contributed by atoms with van der Waals surface area (Å²) in [7, 11) is 0. The molecule has 2 heterocycles. The van der Waals surface area contributed by atoms with Crippen LogP contribution in [-0.4, -0.2) is 55.0 Å². The maximum absolute atomic E-state index is 13.0. The quantitative estimate of drug-likeness (QED) is 0.808. The van der Waals surface area contributed by atoms with Gasteiger partial charge < -0.3 is 9.80 Å². The maximum atomic E-state index is 13.0. The van der Waals surface area contributed by atoms with Gasteiger partial charge >= 0.3 is 0 Å². The van der Waals surface area contributed by atoms with Crippen LogP contribution in [0.25, 0.3) is 0 Å². The molecule has 2 aliphatic heterocycles. The van der Waals surface area contributed by atoms with Crippen molar-refractivity contribution in [3.63, 3.8) is 0 Å². The van der Waals surface area contributed by atoms with Crippen LogP contribution < -0.4 is 4.90 Å². The van der Waals surface area contributed by atoms with Crippen molar-refractivity contribution in [2.45, 2.75) is 19.4 Å². The molecule has 29 heavy (non-hydrogen) atoms. The van der Waals surface area contributed by atoms with Gasteiger partial charge in [-0.1, -0.05) is 30.3 Å². The Kier molecular flexibility index (Phi) is 6.12. The fourth-order valence-electron chi connectivity index (χ4n) is 4.36. The van der Waals surface area contributed by atoms with Gasteiger partial charge in [0.05, 0.1) is 11.6 Å². The largest absolute Gasteiger partial charge is 0.368 e. The Balaban J connectivity index is 1.23. The highest BCUT2D eigenvalue weighted by Gasteiger charge is 2.30. The molecule has 2 fully saturated rings. The van der Waals surface area contributed by atoms with Crippen LogP contribution in [-0.2, 0) is 11.3 Å². The molecule has 1 amide bonds. The van der Waals surface area contributed by atoms with Crippen LogP contribution in [0.15, 0.2) is 54.6 Å². The summed E-state index contributed by atoms with van der Waals surface area (Å²) in [5, 5.41) is 8.91. The van der Waals surface area contributed by atoms with E-state index in [9.17, 15) is 4.79 Å². The topological polar surface area (TPSA) is 50.6 Å². The van der Waals surface area contributed by atoms with Crippen LogP contribution in [0.2, 0.25) is 0 Å². The minimum absolute atomic E-state index is 0.162. The Bertz CT molecular complexity index is 843. The first-order valence-corrected chi connectivity index (χ1v) is 10.5. The summed E-state index contributed by atoms with van der Waals surface area (Å²) in [5.74, 6) is 0.506. The first kappa shape index (κ1) is 19.5. The van der Waals surface area contributed by atoms with E-state index in [-0.39, 0.29) is 5.92 Å². The van der Waals surface area contributed by atoms with E-state index in [4.69, 9.17) is 5.26 Å². The molecule has 4 rings (SSSR count). The number of piperazine rings is 1. The summed E-state index contributed by atoms with van der Waals surface area (Å²) in [6, 6.07) is 20.4. The molecule has 2 aromatic carbocycles. The zero-order chi connectivity index (χ0) is 20.1. The van der Waals surface area contributed by atoms with E-state index < -0.39 is 0 Å². The Hall–Kier alpha value is -2.84. The SMILES string of the molecule is N#Cc1ccc(CN2CCC(C(=O)N3CCN(c4ccccc4)CC3)CC2)cc1. The first-order valence-electron chi connectivity index (χ1n) is 10.5. The van der Waals surface area contributed by atoms with Crippen LogP contribution in [0.1, 0.15) is 24.0 Å². The lowest BCUT2D eigenvalue weighted by Crippen LogP contribution is -2.51. The Morgan fingerprint density at radius 1 is 0.897 bits per heavy atom. The Morgan fingerprint density at radius 2 is 1.55 bits per heavy atom. The van der Waals surface area contributed by atoms with E-state index in [0.29, 0.717) is 11.5 Å². The van der Waals surface area contributed by atoms with Crippen LogP contribution in [0.4, 0.5) is 5.69 Å². The average molecular weight is 389 g/mol. The molecular formula is C24H28N4O. The highest BCUT2D eigenvalue weighted by atomic mass is 16.2. The third kappa shape index (κ3) is 4.78. The number of rotatable bonds is 4. The Labute approximate surface area is 173 Å². The summed E-state index contributed by atoms with van der Waals surface area (Å²) in [6.07, 6.45) is 1.88. The maximum Gasteiger partial charge on any atom is 0.225 e. The number of carbonyl (C=O) groups excluding carboxylic acids is 1. The second-order valence-corrected chi connectivity index (χ2v) is 8.01. The molecule has 2 aromatic rings. The standard InChI is InChI=1S/C24H28N4O/c25-18-20-6-8-21(9-7-20)19-26-12-10-22(11-13-26)24(29)28-16-14-27(15-17-28)23-4-2-1-3-5-23/h1-9,22H,10-17,19H2. The number of hydrogen-bond donors (Lipinski definition) is 0. The molecular weight excluding hydrogens is 360 g/mol. The molecule has 0 aromatic heterocycles. The number of benzene rings is 2. The monoisotopic (exact) mass is 388 g/mol. The predicted octanol–water partition coefficient (Wildman–Crippen LogP) is 3.12. The second-order valence-electron chi connectivity index (χ2n) is 8.01. The molecule has 0 bridgehead atoms. The van der Waals surface area contributed by atoms with E-state index in [0.717, 1.165) is 58.7 Å². The molecule has 0 aliphatic carbocycles. The van der Waals surface area contributed by atoms with Gasteiger partial charge in [-0.25, -0.2) is 0 Å². The fourth-order valence-corrected chi connectivity index (χ4v) is 4.36. The third-order valence-electron chi connectivity index (χ3n) is 6.14. The van der Waals surface area contributed by atoms with Gasteiger partial charge in [0.25, 0.3) is 0 Å². The molecule has 150 valence electrons. The number of piperidine rings is 1. The minimum atomic E-state index is 0.162. The average Bonchev–Trinajstić information content (AvgIpc) is 2.80. The number of nitriles is 1. The highest BCUT2D eigenvalue weighted by molar-refractivity contribution is 5.79. The molecule has 2 saturated heterocycles. The van der Waals surface area contributed by atoms with Crippen LogP contribution >= 0.6 is 0 Å². The highest BCUT2D eigenvalue weighted by Crippen LogP contribution is 2.23. The van der Waals surface area contributed by atoms with Gasteiger partial charge in [-0.05, 0) is 55.8 Å². The second kappa shape index (κ2) is 9.11. The molecule has 0 unspecified atom stereocenters. The molecule has 0 radical (unpaired) electrons. The minimum Gasteiger partial charge on any atom is -0.368 e. The number of hydrogen-bond acceptors (Lipinski definition) is 4. The van der Waals surface area contributed by atoms with Crippen molar-refractivity contribution in [3.8, 4) is 6.07 Å². The third-order valence-corrected chi connectivity index (χ3v) is 6.14. The molecule has 2 aliphatic rings. The van der Waals surface area contributed by atoms with Crippen LogP contribution in [0.3, 0.4) is 0 Å². The van der Waals surface area contributed by atoms with Gasteiger partial charge in [-0.15, -0.1) is 0 Å². The summed E-state index contributed by atoms with van der Waals surface area (Å²) in [4.78, 5) is 19.8. The normalized spacial score (nSPS) is 18.4. The van der Waals surface area contributed by atoms with Gasteiger partial charge in [0.1, 0.15) is 0 Å². The van der Waals surface area contributed by atoms with Gasteiger partial charge in [-0.2, -0.15) is 5.26 Å². The van der Waals surface area contributed by atoms with E-state index in [1.807, 2.05) is 30.3 Å². The zero-order valence-electron chi connectivity index (χ0n) is 16.8. The molecule has 0 saturated carbocycles. The van der Waals surface area contributed by atoms with E-state index in [1.165, 1.54) is 11.3 Å². The van der Waals surface area contributed by atoms with E-state index in [2.05, 4.69) is 45.0 Å². The lowest BCUT2D eigenvalue weighted by atomic mass is 9.94. The van der Waals surface area contributed by atoms with E-state index in [1.54, 1.807) is 0 Å². The van der Waals surface area contributed by atoms with E-state index >= 15 is 0 Å². The molecule has 0 N–H and O–H groups in total. The van der Waals surface area contributed by atoms with Crippen molar-refractivity contribution in [2.75, 3.05) is 44.2 Å². The molecule has 0 atom stereocenters. The van der Waals surface area contributed by atoms with Crippen molar-refractivity contribution in [1.29, 1.82) is 5.26 Å². The lowest BCUT2D eigenvalue weighted by Gasteiger charge is -2.39. The predicted molar refractivity (Wildman–Crippen MR) is 114 cm³/mol. The Morgan fingerprint density at radius 3 is 2.17 bits per heavy atom. The number of likely N-dealkylation sites (tertiary alicyclic amines) is 1. The van der Waals surface area contributed by atoms with Crippen molar-refractivity contribution in [3.05, 3.63) is 65.7 Å². The van der Waals surface area contributed by atoms with Gasteiger partial charge in [-0.3, -0.25) is 9.69 Å². The number of amides is 1. The molecule has 0 spiro atoms. The lowest BCUT2D eigenvalue weighted by molar-refractivity contribution is -0.137. The number of nitrogens with zero attached hydrogens (tertiary/aromatic N) is 4. The van der Waals surface area contributed by atoms with Crippen molar-refractivity contribution >= 4 is 11.6 Å². The van der Waals surface area contributed by atoms with Crippen molar-refractivity contribution < 1.29 is 4.79 Å². The molecule has 5 heteroatoms. The summed E-state index contributed by atoms with van der Waals surface area (Å²) < 4.78 is 0. The number of anilines is 1. The summed E-state index contributed by atoms with van der Waals surface area (Å²) in [6.45, 7) is 6.27. The summed E-state index contributed by atoms with van der Waals surface area (Å²) in [5.41, 5.74) is 3.17. The van der Waals surface area contributed by atoms with Crippen LogP contribution in [0.5, 0.6) is 0 Å². The number of carbonyl (C=O) groups is 1. The molecule has 5 nitrogen and oxygen atoms in total. The summed E-state index contributed by atoms with van der Waals surface area (Å²) >= 11 is 0. The first-order chi connectivity index (χ1) is 14.2. The number of para-hydroxylation sites is 1. The van der Waals surface area contributed by atoms with Gasteiger partial charge in [0.15, 0.2) is 0 Å². The van der Waals surface area contributed by atoms with Crippen molar-refractivity contribution in [1.82, 2.24) is 9.80 Å². The van der Waals surface area contributed by atoms with Crippen LogP contribution in [0, 0.1) is 17.2 Å². The fraction of sp³-hybridized carbons (Fsp3) is 0.417. The zero-order valence-corrected chi connectivity index (χ0v) is 16.8. The van der Waals surface area contributed by atoms with Crippen molar-refractivity contribution in [2.24, 2.45) is 5.92 Å².